The topological polar surface area (TPSA) is 141 Å². The van der Waals surface area contributed by atoms with Crippen molar-refractivity contribution in [2.24, 2.45) is 0 Å². The Morgan fingerprint density at radius 2 is 1.98 bits per heavy atom. The van der Waals surface area contributed by atoms with Gasteiger partial charge in [-0.15, -0.1) is 10.2 Å². The summed E-state index contributed by atoms with van der Waals surface area (Å²) in [6, 6.07) is 12.6. The van der Waals surface area contributed by atoms with Gasteiger partial charge in [0.25, 0.3) is 5.91 Å². The average Bonchev–Trinajstić information content (AvgIpc) is 3.67. The van der Waals surface area contributed by atoms with E-state index in [0.29, 0.717) is 36.0 Å². The van der Waals surface area contributed by atoms with Crippen molar-refractivity contribution in [1.29, 1.82) is 0 Å². The van der Waals surface area contributed by atoms with Gasteiger partial charge in [-0.2, -0.15) is 5.21 Å². The molecule has 0 saturated carbocycles. The summed E-state index contributed by atoms with van der Waals surface area (Å²) >= 11 is 10.1. The number of esters is 1. The van der Waals surface area contributed by atoms with Gasteiger partial charge in [0.2, 0.25) is 5.82 Å². The Balaban J connectivity index is 1.49. The summed E-state index contributed by atoms with van der Waals surface area (Å²) in [6.45, 7) is 5.73. The number of carbonyl (C=O) groups is 2. The van der Waals surface area contributed by atoms with Crippen molar-refractivity contribution in [3.63, 3.8) is 0 Å². The highest BCUT2D eigenvalue weighted by atomic mass is 79.9. The van der Waals surface area contributed by atoms with Gasteiger partial charge in [-0.05, 0) is 52.7 Å². The minimum absolute atomic E-state index is 0.0661. The van der Waals surface area contributed by atoms with Crippen LogP contribution in [-0.4, -0.2) is 54.7 Å². The van der Waals surface area contributed by atoms with Crippen LogP contribution in [0.1, 0.15) is 42.6 Å². The lowest BCUT2D eigenvalue weighted by Gasteiger charge is -2.15. The van der Waals surface area contributed by atoms with Crippen LogP contribution in [-0.2, 0) is 22.5 Å². The maximum Gasteiger partial charge on any atom is 0.328 e. The lowest BCUT2D eigenvalue weighted by molar-refractivity contribution is -0.144. The number of amides is 1. The van der Waals surface area contributed by atoms with Crippen LogP contribution >= 0.6 is 27.5 Å². The Kier molecular flexibility index (Phi) is 7.99. The van der Waals surface area contributed by atoms with Crippen LogP contribution in [0.4, 0.5) is 0 Å². The number of furan rings is 1. The van der Waals surface area contributed by atoms with E-state index in [-0.39, 0.29) is 17.5 Å². The SMILES string of the molecule is CCOC(=O)[C@H](C)NC(=O)c1c(Cl)nc(CC)n1Cc1ccc2oc(-c3ccccc3-c3nn[nH]n3)c(Br)c2c1. The number of halogens is 2. The molecular weight excluding hydrogens is 602 g/mol. The van der Waals surface area contributed by atoms with E-state index >= 15 is 0 Å². The van der Waals surface area contributed by atoms with Gasteiger partial charge < -0.3 is 19.0 Å². The fraction of sp³-hybridized carbons (Fsp3) is 0.259. The number of H-pyrrole nitrogens is 1. The second-order valence-corrected chi connectivity index (χ2v) is 10.1. The molecule has 40 heavy (non-hydrogen) atoms. The fourth-order valence-corrected chi connectivity index (χ4v) is 5.33. The summed E-state index contributed by atoms with van der Waals surface area (Å²) in [5.74, 6) is 0.681. The monoisotopic (exact) mass is 625 g/mol. The number of ether oxygens (including phenoxy) is 1. The molecule has 0 bridgehead atoms. The molecule has 0 saturated heterocycles. The number of imidazole rings is 1. The summed E-state index contributed by atoms with van der Waals surface area (Å²) in [4.78, 5) is 29.6. The van der Waals surface area contributed by atoms with Crippen LogP contribution in [0.3, 0.4) is 0 Å². The lowest BCUT2D eigenvalue weighted by atomic mass is 10.0. The number of carbonyl (C=O) groups excluding carboxylic acids is 2. The first-order valence-electron chi connectivity index (χ1n) is 12.6. The molecule has 0 radical (unpaired) electrons. The molecule has 0 spiro atoms. The number of hydrogen-bond acceptors (Lipinski definition) is 8. The van der Waals surface area contributed by atoms with Crippen LogP contribution in [0.15, 0.2) is 51.4 Å². The van der Waals surface area contributed by atoms with Crippen LogP contribution < -0.4 is 5.32 Å². The summed E-state index contributed by atoms with van der Waals surface area (Å²) in [6.07, 6.45) is 0.551. The van der Waals surface area contributed by atoms with Crippen LogP contribution in [0.2, 0.25) is 5.15 Å². The molecule has 3 heterocycles. The molecule has 2 N–H and O–H groups in total. The van der Waals surface area contributed by atoms with Gasteiger partial charge in [0.05, 0.1) is 11.1 Å². The van der Waals surface area contributed by atoms with Crippen molar-refractivity contribution in [3.05, 3.63) is 69.2 Å². The Morgan fingerprint density at radius 1 is 1.20 bits per heavy atom. The molecular formula is C27H25BrClN7O4. The first-order valence-corrected chi connectivity index (χ1v) is 13.8. The predicted molar refractivity (Wildman–Crippen MR) is 152 cm³/mol. The van der Waals surface area contributed by atoms with Crippen molar-refractivity contribution in [2.45, 2.75) is 39.8 Å². The van der Waals surface area contributed by atoms with Crippen LogP contribution in [0, 0.1) is 0 Å². The minimum Gasteiger partial charge on any atom is -0.464 e. The third-order valence-corrected chi connectivity index (χ3v) is 7.36. The van der Waals surface area contributed by atoms with E-state index in [1.54, 1.807) is 18.4 Å². The molecule has 0 unspecified atom stereocenters. The van der Waals surface area contributed by atoms with Gasteiger partial charge in [0.15, 0.2) is 5.15 Å². The number of aromatic nitrogens is 6. The molecule has 0 aliphatic carbocycles. The Morgan fingerprint density at radius 3 is 2.67 bits per heavy atom. The number of aryl methyl sites for hydroxylation is 1. The quantitative estimate of drug-likeness (QED) is 0.213. The first-order chi connectivity index (χ1) is 19.3. The van der Waals surface area contributed by atoms with Crippen molar-refractivity contribution in [1.82, 2.24) is 35.5 Å². The zero-order valence-corrected chi connectivity index (χ0v) is 24.2. The number of hydrogen-bond donors (Lipinski definition) is 2. The third kappa shape index (κ3) is 5.24. The minimum atomic E-state index is -0.844. The third-order valence-electron chi connectivity index (χ3n) is 6.31. The molecule has 0 aliphatic rings. The van der Waals surface area contributed by atoms with Crippen LogP contribution in [0.5, 0.6) is 0 Å². The Bertz CT molecular complexity index is 1700. The second-order valence-electron chi connectivity index (χ2n) is 8.91. The van der Waals surface area contributed by atoms with E-state index in [0.717, 1.165) is 26.5 Å². The molecule has 1 atom stereocenters. The summed E-state index contributed by atoms with van der Waals surface area (Å²) < 4.78 is 13.8. The molecule has 1 amide bonds. The molecule has 0 fully saturated rings. The van der Waals surface area contributed by atoms with Crippen molar-refractivity contribution < 1.29 is 18.7 Å². The zero-order chi connectivity index (χ0) is 28.4. The molecule has 13 heteroatoms. The maximum absolute atomic E-state index is 13.2. The smallest absolute Gasteiger partial charge is 0.328 e. The van der Waals surface area contributed by atoms with E-state index in [2.05, 4.69) is 46.9 Å². The number of fused-ring (bicyclic) bond motifs is 1. The summed E-state index contributed by atoms with van der Waals surface area (Å²) in [5.41, 5.74) is 3.32. The standard InChI is InChI=1S/C27H25BrClN7O4/c1-4-20-31-24(29)22(26(37)30-14(3)27(38)39-5-2)36(20)13-15-10-11-19-18(12-15)21(28)23(40-19)16-8-6-7-9-17(16)25-32-34-35-33-25/h6-12,14H,4-5,13H2,1-3H3,(H,30,37)(H,32,33,34,35)/t14-/m0/s1. The number of nitrogens with one attached hydrogen (secondary N) is 2. The fourth-order valence-electron chi connectivity index (χ4n) is 4.44. The predicted octanol–water partition coefficient (Wildman–Crippen LogP) is 5.18. The molecule has 2 aromatic carbocycles. The van der Waals surface area contributed by atoms with E-state index in [4.69, 9.17) is 20.8 Å². The number of nitrogens with zero attached hydrogens (tertiary/aromatic N) is 5. The van der Waals surface area contributed by atoms with Crippen LogP contribution in [0.25, 0.3) is 33.7 Å². The maximum atomic E-state index is 13.2. The summed E-state index contributed by atoms with van der Waals surface area (Å²) in [7, 11) is 0. The Hall–Kier alpha value is -4.03. The summed E-state index contributed by atoms with van der Waals surface area (Å²) in [5, 5.41) is 18.0. The average molecular weight is 627 g/mol. The zero-order valence-electron chi connectivity index (χ0n) is 21.9. The van der Waals surface area contributed by atoms with Gasteiger partial charge in [-0.3, -0.25) is 4.79 Å². The number of rotatable bonds is 9. The Labute approximate surface area is 242 Å². The highest BCUT2D eigenvalue weighted by Crippen LogP contribution is 2.41. The number of tetrazole rings is 1. The van der Waals surface area contributed by atoms with Gasteiger partial charge in [-0.25, -0.2) is 9.78 Å². The van der Waals surface area contributed by atoms with E-state index in [1.807, 2.05) is 49.4 Å². The molecule has 5 rings (SSSR count). The van der Waals surface area contributed by atoms with E-state index < -0.39 is 17.9 Å². The van der Waals surface area contributed by atoms with E-state index in [1.165, 1.54) is 0 Å². The molecule has 3 aromatic heterocycles. The normalized spacial score (nSPS) is 12.0. The number of aromatic amines is 1. The van der Waals surface area contributed by atoms with Gasteiger partial charge in [-0.1, -0.05) is 48.9 Å². The largest absolute Gasteiger partial charge is 0.464 e. The molecule has 206 valence electrons. The second kappa shape index (κ2) is 11.6. The number of benzene rings is 2. The lowest BCUT2D eigenvalue weighted by Crippen LogP contribution is -2.40. The molecule has 0 aliphatic heterocycles. The molecule has 11 nitrogen and oxygen atoms in total. The van der Waals surface area contributed by atoms with Crippen molar-refractivity contribution in [3.8, 4) is 22.7 Å². The van der Waals surface area contributed by atoms with Gasteiger partial charge in [0, 0.05) is 29.5 Å². The van der Waals surface area contributed by atoms with Gasteiger partial charge in [0.1, 0.15) is 28.9 Å². The first kappa shape index (κ1) is 27.5. The van der Waals surface area contributed by atoms with E-state index in [9.17, 15) is 9.59 Å². The van der Waals surface area contributed by atoms with Crippen molar-refractivity contribution >= 4 is 50.4 Å². The highest BCUT2D eigenvalue weighted by Gasteiger charge is 2.26. The van der Waals surface area contributed by atoms with Gasteiger partial charge >= 0.3 is 5.97 Å². The van der Waals surface area contributed by atoms with Crippen molar-refractivity contribution in [2.75, 3.05) is 6.61 Å². The highest BCUT2D eigenvalue weighted by molar-refractivity contribution is 9.10. The molecule has 5 aromatic rings.